The van der Waals surface area contributed by atoms with Crippen LogP contribution in [0.3, 0.4) is 0 Å². The highest BCUT2D eigenvalue weighted by atomic mass is 35.5. The van der Waals surface area contributed by atoms with E-state index in [2.05, 4.69) is 4.98 Å². The first kappa shape index (κ1) is 11.5. The Balaban J connectivity index is 1.82. The van der Waals surface area contributed by atoms with Gasteiger partial charge in [0.05, 0.1) is 6.33 Å². The van der Waals surface area contributed by atoms with Crippen LogP contribution in [0, 0.1) is 17.8 Å². The fourth-order valence-electron chi connectivity index (χ4n) is 3.43. The summed E-state index contributed by atoms with van der Waals surface area (Å²) in [7, 11) is 0. The van der Waals surface area contributed by atoms with E-state index in [1.165, 1.54) is 32.0 Å². The van der Waals surface area contributed by atoms with Crippen molar-refractivity contribution in [2.24, 2.45) is 17.8 Å². The van der Waals surface area contributed by atoms with Crippen LogP contribution in [0.5, 0.6) is 0 Å². The molecule has 3 atom stereocenters. The largest absolute Gasteiger partial charge is 0.298 e. The van der Waals surface area contributed by atoms with Crippen LogP contribution in [-0.4, -0.2) is 9.55 Å². The van der Waals surface area contributed by atoms with Crippen molar-refractivity contribution >= 4 is 23.2 Å². The summed E-state index contributed by atoms with van der Waals surface area (Å²) >= 11 is 11.5. The molecule has 2 saturated carbocycles. The van der Waals surface area contributed by atoms with E-state index < -0.39 is 0 Å². The monoisotopic (exact) mass is 272 g/mol. The number of hydrogen-bond donors (Lipinski definition) is 0. The topological polar surface area (TPSA) is 34.9 Å². The van der Waals surface area contributed by atoms with Crippen molar-refractivity contribution in [1.82, 2.24) is 9.55 Å². The minimum absolute atomic E-state index is 0.0392. The average molecular weight is 273 g/mol. The maximum absolute atomic E-state index is 11.9. The molecule has 1 heterocycles. The molecule has 3 rings (SSSR count). The van der Waals surface area contributed by atoms with Crippen LogP contribution < -0.4 is 5.56 Å². The molecule has 3 unspecified atom stereocenters. The molecule has 0 aliphatic heterocycles. The van der Waals surface area contributed by atoms with Crippen molar-refractivity contribution in [2.75, 3.05) is 0 Å². The number of aromatic nitrogens is 2. The summed E-state index contributed by atoms with van der Waals surface area (Å²) in [5.41, 5.74) is -0.213. The third kappa shape index (κ3) is 2.00. The second-order valence-electron chi connectivity index (χ2n) is 5.24. The van der Waals surface area contributed by atoms with E-state index in [1.54, 1.807) is 4.57 Å². The molecule has 2 aliphatic rings. The molecule has 0 N–H and O–H groups in total. The SMILES string of the molecule is O=c1c(Cl)c(Cl)ncn1CC1CC2CCC1C2. The van der Waals surface area contributed by atoms with E-state index in [9.17, 15) is 4.79 Å². The lowest BCUT2D eigenvalue weighted by molar-refractivity contribution is 0.292. The fourth-order valence-corrected chi connectivity index (χ4v) is 3.71. The molecule has 2 fully saturated rings. The summed E-state index contributed by atoms with van der Waals surface area (Å²) in [5.74, 6) is 2.29. The lowest BCUT2D eigenvalue weighted by Crippen LogP contribution is -2.27. The van der Waals surface area contributed by atoms with Gasteiger partial charge in [-0.2, -0.15) is 0 Å². The van der Waals surface area contributed by atoms with Crippen molar-refractivity contribution < 1.29 is 0 Å². The Morgan fingerprint density at radius 3 is 2.82 bits per heavy atom. The molecular weight excluding hydrogens is 259 g/mol. The number of rotatable bonds is 2. The first-order chi connectivity index (χ1) is 8.15. The van der Waals surface area contributed by atoms with Gasteiger partial charge in [-0.1, -0.05) is 29.6 Å². The predicted molar refractivity (Wildman–Crippen MR) is 67.5 cm³/mol. The molecule has 0 aromatic carbocycles. The van der Waals surface area contributed by atoms with Crippen molar-refractivity contribution in [2.45, 2.75) is 32.2 Å². The average Bonchev–Trinajstić information content (AvgIpc) is 2.92. The van der Waals surface area contributed by atoms with Gasteiger partial charge in [-0.15, -0.1) is 0 Å². The number of fused-ring (bicyclic) bond motifs is 2. The molecule has 1 aromatic heterocycles. The highest BCUT2D eigenvalue weighted by Crippen LogP contribution is 2.48. The first-order valence-corrected chi connectivity index (χ1v) is 6.81. The molecule has 1 aromatic rings. The van der Waals surface area contributed by atoms with Gasteiger partial charge in [0.1, 0.15) is 5.02 Å². The zero-order valence-electron chi connectivity index (χ0n) is 9.40. The second-order valence-corrected chi connectivity index (χ2v) is 5.98. The van der Waals surface area contributed by atoms with Crippen LogP contribution >= 0.6 is 23.2 Å². The molecule has 0 amide bonds. The Morgan fingerprint density at radius 2 is 2.18 bits per heavy atom. The lowest BCUT2D eigenvalue weighted by atomic mass is 9.89. The third-order valence-electron chi connectivity index (χ3n) is 4.26. The van der Waals surface area contributed by atoms with Gasteiger partial charge < -0.3 is 0 Å². The predicted octanol–water partition coefficient (Wildman–Crippen LogP) is 2.99. The van der Waals surface area contributed by atoms with Crippen LogP contribution in [0.1, 0.15) is 25.7 Å². The normalized spacial score (nSPS) is 31.1. The van der Waals surface area contributed by atoms with Gasteiger partial charge in [-0.25, -0.2) is 4.98 Å². The maximum atomic E-state index is 11.9. The molecule has 5 heteroatoms. The molecule has 0 saturated heterocycles. The Hall–Kier alpha value is -0.540. The summed E-state index contributed by atoms with van der Waals surface area (Å²) in [6.45, 7) is 0.740. The zero-order chi connectivity index (χ0) is 12.0. The molecule has 17 heavy (non-hydrogen) atoms. The van der Waals surface area contributed by atoms with Crippen LogP contribution in [0.25, 0.3) is 0 Å². The van der Waals surface area contributed by atoms with E-state index >= 15 is 0 Å². The van der Waals surface area contributed by atoms with E-state index in [-0.39, 0.29) is 15.7 Å². The number of nitrogens with zero attached hydrogens (tertiary/aromatic N) is 2. The standard InChI is InChI=1S/C12H14Cl2N2O/c13-10-11(14)15-6-16(12(10)17)5-9-4-7-1-2-8(9)3-7/h6-9H,1-5H2. The quantitative estimate of drug-likeness (QED) is 0.776. The van der Waals surface area contributed by atoms with Crippen LogP contribution in [0.15, 0.2) is 11.1 Å². The van der Waals surface area contributed by atoms with E-state index in [0.29, 0.717) is 5.92 Å². The summed E-state index contributed by atoms with van der Waals surface area (Å²) in [4.78, 5) is 15.8. The Morgan fingerprint density at radius 1 is 1.35 bits per heavy atom. The smallest absolute Gasteiger partial charge is 0.273 e. The molecular formula is C12H14Cl2N2O. The minimum Gasteiger partial charge on any atom is -0.298 e. The number of halogens is 2. The van der Waals surface area contributed by atoms with Gasteiger partial charge in [-0.05, 0) is 37.0 Å². The van der Waals surface area contributed by atoms with Gasteiger partial charge in [0.15, 0.2) is 5.15 Å². The van der Waals surface area contributed by atoms with Gasteiger partial charge in [-0.3, -0.25) is 9.36 Å². The molecule has 2 aliphatic carbocycles. The van der Waals surface area contributed by atoms with Gasteiger partial charge in [0.2, 0.25) is 0 Å². The molecule has 0 radical (unpaired) electrons. The van der Waals surface area contributed by atoms with Crippen molar-refractivity contribution in [3.8, 4) is 0 Å². The number of hydrogen-bond acceptors (Lipinski definition) is 2. The summed E-state index contributed by atoms with van der Waals surface area (Å²) in [6, 6.07) is 0. The van der Waals surface area contributed by atoms with Crippen LogP contribution in [0.2, 0.25) is 10.2 Å². The Labute approximate surface area is 110 Å². The lowest BCUT2D eigenvalue weighted by Gasteiger charge is -2.22. The summed E-state index contributed by atoms with van der Waals surface area (Å²) in [5, 5.41) is 0.137. The second kappa shape index (κ2) is 4.29. The molecule has 2 bridgehead atoms. The van der Waals surface area contributed by atoms with E-state index in [1.807, 2.05) is 0 Å². The summed E-state index contributed by atoms with van der Waals surface area (Å²) < 4.78 is 1.61. The Bertz CT molecular complexity index is 500. The van der Waals surface area contributed by atoms with E-state index in [4.69, 9.17) is 23.2 Å². The fraction of sp³-hybridized carbons (Fsp3) is 0.667. The van der Waals surface area contributed by atoms with Crippen LogP contribution in [-0.2, 0) is 6.54 Å². The van der Waals surface area contributed by atoms with Crippen molar-refractivity contribution in [3.63, 3.8) is 0 Å². The maximum Gasteiger partial charge on any atom is 0.273 e. The van der Waals surface area contributed by atoms with Crippen molar-refractivity contribution in [1.29, 1.82) is 0 Å². The van der Waals surface area contributed by atoms with Gasteiger partial charge in [0, 0.05) is 6.54 Å². The Kier molecular flexibility index (Phi) is 2.91. The minimum atomic E-state index is -0.213. The molecule has 92 valence electrons. The van der Waals surface area contributed by atoms with E-state index in [0.717, 1.165) is 18.4 Å². The van der Waals surface area contributed by atoms with Crippen molar-refractivity contribution in [3.05, 3.63) is 26.9 Å². The highest BCUT2D eigenvalue weighted by Gasteiger charge is 2.39. The third-order valence-corrected chi connectivity index (χ3v) is 4.98. The highest BCUT2D eigenvalue weighted by molar-refractivity contribution is 6.40. The molecule has 3 nitrogen and oxygen atoms in total. The first-order valence-electron chi connectivity index (χ1n) is 6.05. The molecule has 0 spiro atoms. The zero-order valence-corrected chi connectivity index (χ0v) is 10.9. The van der Waals surface area contributed by atoms with Gasteiger partial charge >= 0.3 is 0 Å². The van der Waals surface area contributed by atoms with Crippen LogP contribution in [0.4, 0.5) is 0 Å². The van der Waals surface area contributed by atoms with Gasteiger partial charge in [0.25, 0.3) is 5.56 Å². The summed E-state index contributed by atoms with van der Waals surface area (Å²) in [6.07, 6.45) is 6.79.